The summed E-state index contributed by atoms with van der Waals surface area (Å²) in [6.07, 6.45) is 1.01. The average Bonchev–Trinajstić information content (AvgIpc) is 2.20. The Bertz CT molecular complexity index is 283. The van der Waals surface area contributed by atoms with Crippen LogP contribution in [0, 0.1) is 0 Å². The maximum Gasteiger partial charge on any atom is 0.0397 e. The van der Waals surface area contributed by atoms with Crippen LogP contribution in [0.2, 0.25) is 0 Å². The minimum absolute atomic E-state index is 0.296. The second-order valence-electron chi connectivity index (χ2n) is 3.47. The van der Waals surface area contributed by atoms with Crippen LogP contribution in [0.1, 0.15) is 19.4 Å². The summed E-state index contributed by atoms with van der Waals surface area (Å²) >= 11 is 0. The lowest BCUT2D eigenvalue weighted by Gasteiger charge is -2.31. The number of likely N-dealkylation sites (N-methyl/N-ethyl adjacent to an activating group) is 1. The number of nitrogens with zero attached hydrogens (tertiary/aromatic N) is 1. The molecule has 78 valence electrons. The van der Waals surface area contributed by atoms with Crippen LogP contribution in [0.5, 0.6) is 0 Å². The Morgan fingerprint density at radius 2 is 1.93 bits per heavy atom. The summed E-state index contributed by atoms with van der Waals surface area (Å²) in [5, 5.41) is 0. The Morgan fingerprint density at radius 3 is 2.64 bits per heavy atom. The Hall–Kier alpha value is -1.02. The second kappa shape index (κ2) is 5.01. The van der Waals surface area contributed by atoms with Crippen LogP contribution in [0.15, 0.2) is 24.3 Å². The molecule has 0 fully saturated rings. The first-order chi connectivity index (χ1) is 6.77. The van der Waals surface area contributed by atoms with Gasteiger partial charge in [-0.15, -0.1) is 0 Å². The Labute approximate surface area is 86.7 Å². The van der Waals surface area contributed by atoms with E-state index in [0.29, 0.717) is 6.04 Å². The van der Waals surface area contributed by atoms with Crippen molar-refractivity contribution in [2.75, 3.05) is 18.5 Å². The number of hydrogen-bond acceptors (Lipinski definition) is 2. The van der Waals surface area contributed by atoms with E-state index in [2.05, 4.69) is 36.2 Å². The third-order valence-corrected chi connectivity index (χ3v) is 2.39. The van der Waals surface area contributed by atoms with Gasteiger partial charge >= 0.3 is 0 Å². The normalized spacial score (nSPS) is 19.4. The summed E-state index contributed by atoms with van der Waals surface area (Å²) in [4.78, 5) is 2.23. The second-order valence-corrected chi connectivity index (χ2v) is 3.47. The molecule has 2 nitrogen and oxygen atoms in total. The van der Waals surface area contributed by atoms with Gasteiger partial charge in [-0.3, -0.25) is 0 Å². The summed E-state index contributed by atoms with van der Waals surface area (Å²) in [7, 11) is 2.10. The molecule has 0 saturated heterocycles. The molecule has 1 atom stereocenters. The van der Waals surface area contributed by atoms with Crippen molar-refractivity contribution in [1.82, 2.24) is 0 Å². The van der Waals surface area contributed by atoms with Crippen LogP contribution >= 0.6 is 0 Å². The van der Waals surface area contributed by atoms with Crippen molar-refractivity contribution in [3.63, 3.8) is 0 Å². The fourth-order valence-electron chi connectivity index (χ4n) is 1.85. The number of rotatable bonds is 0. The summed E-state index contributed by atoms with van der Waals surface area (Å²) in [6.45, 7) is 4.97. The van der Waals surface area contributed by atoms with Gasteiger partial charge in [0, 0.05) is 25.3 Å². The van der Waals surface area contributed by atoms with E-state index in [-0.39, 0.29) is 0 Å². The first-order valence-electron chi connectivity index (χ1n) is 5.32. The topological polar surface area (TPSA) is 29.3 Å². The van der Waals surface area contributed by atoms with Gasteiger partial charge in [-0.05, 0) is 18.1 Å². The molecule has 0 aliphatic carbocycles. The molecule has 0 aromatic heterocycles. The van der Waals surface area contributed by atoms with Crippen molar-refractivity contribution in [1.29, 1.82) is 0 Å². The van der Waals surface area contributed by atoms with E-state index in [0.717, 1.165) is 13.0 Å². The maximum absolute atomic E-state index is 5.90. The highest BCUT2D eigenvalue weighted by Crippen LogP contribution is 2.24. The molecule has 0 radical (unpaired) electrons. The predicted molar refractivity (Wildman–Crippen MR) is 62.7 cm³/mol. The summed E-state index contributed by atoms with van der Waals surface area (Å²) in [6, 6.07) is 8.76. The lowest BCUT2D eigenvalue weighted by atomic mass is 9.99. The molecule has 2 rings (SSSR count). The van der Waals surface area contributed by atoms with Crippen molar-refractivity contribution < 1.29 is 0 Å². The van der Waals surface area contributed by atoms with Crippen LogP contribution in [0.4, 0.5) is 5.69 Å². The highest BCUT2D eigenvalue weighted by molar-refractivity contribution is 5.55. The smallest absolute Gasteiger partial charge is 0.0397 e. The molecular weight excluding hydrogens is 172 g/mol. The van der Waals surface area contributed by atoms with Crippen molar-refractivity contribution >= 4 is 5.69 Å². The van der Waals surface area contributed by atoms with E-state index >= 15 is 0 Å². The fourth-order valence-corrected chi connectivity index (χ4v) is 1.85. The van der Waals surface area contributed by atoms with Crippen molar-refractivity contribution in [2.24, 2.45) is 5.73 Å². The van der Waals surface area contributed by atoms with Gasteiger partial charge in [0.1, 0.15) is 0 Å². The minimum Gasteiger partial charge on any atom is -0.373 e. The quantitative estimate of drug-likeness (QED) is 0.681. The first-order valence-corrected chi connectivity index (χ1v) is 5.32. The van der Waals surface area contributed by atoms with E-state index in [4.69, 9.17) is 5.73 Å². The molecule has 1 aromatic carbocycles. The number of benzene rings is 1. The lowest BCUT2D eigenvalue weighted by molar-refractivity contribution is 0.628. The zero-order valence-corrected chi connectivity index (χ0v) is 9.33. The largest absolute Gasteiger partial charge is 0.373 e. The summed E-state index contributed by atoms with van der Waals surface area (Å²) in [5.74, 6) is 0. The third kappa shape index (κ3) is 2.26. The van der Waals surface area contributed by atoms with Crippen LogP contribution < -0.4 is 10.6 Å². The van der Waals surface area contributed by atoms with Crippen LogP contribution in [-0.4, -0.2) is 19.6 Å². The van der Waals surface area contributed by atoms with Gasteiger partial charge in [0.25, 0.3) is 0 Å². The molecule has 0 spiro atoms. The zero-order chi connectivity index (χ0) is 10.6. The number of fused-ring (bicyclic) bond motifs is 1. The maximum atomic E-state index is 5.90. The average molecular weight is 192 g/mol. The molecule has 1 aliphatic heterocycles. The van der Waals surface area contributed by atoms with Gasteiger partial charge in [0.05, 0.1) is 0 Å². The Balaban J connectivity index is 0.000000461. The molecule has 1 unspecified atom stereocenters. The highest BCUT2D eigenvalue weighted by atomic mass is 15.1. The summed E-state index contributed by atoms with van der Waals surface area (Å²) < 4.78 is 0. The number of hydrogen-bond donors (Lipinski definition) is 1. The number of para-hydroxylation sites is 1. The van der Waals surface area contributed by atoms with Crippen LogP contribution in [0.25, 0.3) is 0 Å². The van der Waals surface area contributed by atoms with E-state index in [1.807, 2.05) is 13.8 Å². The molecule has 0 saturated carbocycles. The summed E-state index contributed by atoms with van der Waals surface area (Å²) in [5.41, 5.74) is 8.60. The molecule has 1 aromatic rings. The first kappa shape index (κ1) is 11.1. The molecule has 1 heterocycles. The molecular formula is C12H20N2. The monoisotopic (exact) mass is 192 g/mol. The van der Waals surface area contributed by atoms with Gasteiger partial charge in [0.2, 0.25) is 0 Å². The van der Waals surface area contributed by atoms with Crippen molar-refractivity contribution in [3.05, 3.63) is 29.8 Å². The van der Waals surface area contributed by atoms with Gasteiger partial charge in [-0.1, -0.05) is 32.0 Å². The predicted octanol–water partition coefficient (Wildman–Crippen LogP) is 2.03. The molecule has 14 heavy (non-hydrogen) atoms. The fraction of sp³-hybridized carbons (Fsp3) is 0.500. The minimum atomic E-state index is 0.296. The molecule has 1 aliphatic rings. The van der Waals surface area contributed by atoms with Crippen LogP contribution in [-0.2, 0) is 6.42 Å². The van der Waals surface area contributed by atoms with Gasteiger partial charge < -0.3 is 10.6 Å². The van der Waals surface area contributed by atoms with E-state index in [9.17, 15) is 0 Å². The molecule has 2 N–H and O–H groups in total. The Kier molecular flexibility index (Phi) is 3.96. The van der Waals surface area contributed by atoms with Crippen molar-refractivity contribution in [3.8, 4) is 0 Å². The zero-order valence-electron chi connectivity index (χ0n) is 9.33. The molecule has 0 amide bonds. The third-order valence-electron chi connectivity index (χ3n) is 2.39. The van der Waals surface area contributed by atoms with Crippen LogP contribution in [0.3, 0.4) is 0 Å². The van der Waals surface area contributed by atoms with Gasteiger partial charge in [-0.25, -0.2) is 0 Å². The SMILES string of the molecule is CC.CN1CC(N)Cc2ccccc21. The van der Waals surface area contributed by atoms with E-state index in [1.165, 1.54) is 11.3 Å². The van der Waals surface area contributed by atoms with Gasteiger partial charge in [-0.2, -0.15) is 0 Å². The molecule has 0 bridgehead atoms. The van der Waals surface area contributed by atoms with E-state index in [1.54, 1.807) is 0 Å². The van der Waals surface area contributed by atoms with E-state index < -0.39 is 0 Å². The highest BCUT2D eigenvalue weighted by Gasteiger charge is 2.17. The number of nitrogens with two attached hydrogens (primary N) is 1. The van der Waals surface area contributed by atoms with Crippen molar-refractivity contribution in [2.45, 2.75) is 26.3 Å². The van der Waals surface area contributed by atoms with Gasteiger partial charge in [0.15, 0.2) is 0 Å². The molecule has 2 heteroatoms. The lowest BCUT2D eigenvalue weighted by Crippen LogP contribution is -2.41. The Morgan fingerprint density at radius 1 is 1.29 bits per heavy atom. The standard InChI is InChI=1S/C10H14N2.C2H6/c1-12-7-9(11)6-8-4-2-3-5-10(8)12;1-2/h2-5,9H,6-7,11H2,1H3;1-2H3. The number of anilines is 1.